The molecule has 1 fully saturated rings. The van der Waals surface area contributed by atoms with Crippen molar-refractivity contribution in [1.29, 1.82) is 0 Å². The molecule has 0 unspecified atom stereocenters. The lowest BCUT2D eigenvalue weighted by atomic mass is 9.95. The van der Waals surface area contributed by atoms with Crippen molar-refractivity contribution in [3.63, 3.8) is 0 Å². The minimum Gasteiger partial charge on any atom is -0.489 e. The molecule has 1 heterocycles. The standard InChI is InChI=1S/C23H32N2O/c1-19(2)12-13-22(25-16-14-24-15-17-25)21-10-6-7-11-23(21)26-18-20-8-4-3-5-9-20/h3-11,19,22,24H,12-18H2,1-2H3/t22-/m1/s1. The van der Waals surface area contributed by atoms with Crippen LogP contribution in [0.1, 0.15) is 43.9 Å². The first-order valence-electron chi connectivity index (χ1n) is 9.94. The molecule has 0 spiro atoms. The van der Waals surface area contributed by atoms with Crippen LogP contribution in [0.5, 0.6) is 5.75 Å². The van der Waals surface area contributed by atoms with Gasteiger partial charge in [0.2, 0.25) is 0 Å². The van der Waals surface area contributed by atoms with Gasteiger partial charge in [-0.05, 0) is 30.4 Å². The van der Waals surface area contributed by atoms with Gasteiger partial charge in [-0.25, -0.2) is 0 Å². The highest BCUT2D eigenvalue weighted by atomic mass is 16.5. The molecule has 0 saturated carbocycles. The van der Waals surface area contributed by atoms with Crippen LogP contribution >= 0.6 is 0 Å². The Labute approximate surface area is 158 Å². The number of rotatable bonds is 8. The zero-order valence-electron chi connectivity index (χ0n) is 16.2. The molecular formula is C23H32N2O. The molecule has 0 aromatic heterocycles. The Kier molecular flexibility index (Phi) is 7.10. The van der Waals surface area contributed by atoms with Crippen LogP contribution in [0.25, 0.3) is 0 Å². The number of nitrogens with zero attached hydrogens (tertiary/aromatic N) is 1. The maximum atomic E-state index is 6.26. The number of nitrogens with one attached hydrogen (secondary N) is 1. The van der Waals surface area contributed by atoms with E-state index in [1.165, 1.54) is 24.0 Å². The summed E-state index contributed by atoms with van der Waals surface area (Å²) in [6, 6.07) is 19.5. The summed E-state index contributed by atoms with van der Waals surface area (Å²) >= 11 is 0. The van der Waals surface area contributed by atoms with Crippen molar-refractivity contribution in [2.75, 3.05) is 26.2 Å². The second-order valence-electron chi connectivity index (χ2n) is 7.59. The van der Waals surface area contributed by atoms with Crippen LogP contribution in [0, 0.1) is 5.92 Å². The summed E-state index contributed by atoms with van der Waals surface area (Å²) in [6.45, 7) is 9.61. The van der Waals surface area contributed by atoms with Crippen molar-refractivity contribution >= 4 is 0 Å². The first kappa shape index (κ1) is 18.9. The third-order valence-corrected chi connectivity index (χ3v) is 5.12. The first-order chi connectivity index (χ1) is 12.7. The van der Waals surface area contributed by atoms with Crippen LogP contribution < -0.4 is 10.1 Å². The van der Waals surface area contributed by atoms with Gasteiger partial charge < -0.3 is 10.1 Å². The highest BCUT2D eigenvalue weighted by Crippen LogP contribution is 2.34. The van der Waals surface area contributed by atoms with Gasteiger partial charge >= 0.3 is 0 Å². The molecule has 1 saturated heterocycles. The van der Waals surface area contributed by atoms with Crippen molar-refractivity contribution < 1.29 is 4.74 Å². The first-order valence-corrected chi connectivity index (χ1v) is 9.94. The van der Waals surface area contributed by atoms with Crippen molar-refractivity contribution in [2.45, 2.75) is 39.3 Å². The SMILES string of the molecule is CC(C)CC[C@H](c1ccccc1OCc1ccccc1)N1CCNCC1. The topological polar surface area (TPSA) is 24.5 Å². The third-order valence-electron chi connectivity index (χ3n) is 5.12. The van der Waals surface area contributed by atoms with Crippen molar-refractivity contribution in [3.8, 4) is 5.75 Å². The van der Waals surface area contributed by atoms with Crippen molar-refractivity contribution in [3.05, 3.63) is 65.7 Å². The maximum Gasteiger partial charge on any atom is 0.124 e. The fraction of sp³-hybridized carbons (Fsp3) is 0.478. The Morgan fingerprint density at radius 1 is 0.923 bits per heavy atom. The minimum atomic E-state index is 0.437. The molecule has 3 heteroatoms. The lowest BCUT2D eigenvalue weighted by Crippen LogP contribution is -2.45. The summed E-state index contributed by atoms with van der Waals surface area (Å²) in [5.74, 6) is 1.75. The third kappa shape index (κ3) is 5.33. The zero-order valence-corrected chi connectivity index (χ0v) is 16.2. The lowest BCUT2D eigenvalue weighted by Gasteiger charge is -2.36. The van der Waals surface area contributed by atoms with Crippen LogP contribution in [0.3, 0.4) is 0 Å². The van der Waals surface area contributed by atoms with Crippen LogP contribution in [0.15, 0.2) is 54.6 Å². The van der Waals surface area contributed by atoms with E-state index < -0.39 is 0 Å². The second kappa shape index (κ2) is 9.75. The van der Waals surface area contributed by atoms with Crippen LogP contribution in [0.4, 0.5) is 0 Å². The van der Waals surface area contributed by atoms with E-state index in [2.05, 4.69) is 72.6 Å². The van der Waals surface area contributed by atoms with Crippen molar-refractivity contribution in [1.82, 2.24) is 10.2 Å². The number of benzene rings is 2. The summed E-state index contributed by atoms with van der Waals surface area (Å²) in [4.78, 5) is 2.63. The number of ether oxygens (including phenoxy) is 1. The van der Waals surface area contributed by atoms with Crippen LogP contribution in [-0.2, 0) is 6.61 Å². The van der Waals surface area contributed by atoms with Gasteiger partial charge in [0.1, 0.15) is 12.4 Å². The normalized spacial score (nSPS) is 16.6. The number of hydrogen-bond donors (Lipinski definition) is 1. The number of hydrogen-bond acceptors (Lipinski definition) is 3. The minimum absolute atomic E-state index is 0.437. The largest absolute Gasteiger partial charge is 0.489 e. The average Bonchev–Trinajstić information content (AvgIpc) is 2.69. The fourth-order valence-electron chi connectivity index (χ4n) is 3.64. The molecule has 3 nitrogen and oxygen atoms in total. The fourth-order valence-corrected chi connectivity index (χ4v) is 3.64. The van der Waals surface area contributed by atoms with Gasteiger partial charge in [0.15, 0.2) is 0 Å². The number of para-hydroxylation sites is 1. The molecule has 26 heavy (non-hydrogen) atoms. The van der Waals surface area contributed by atoms with E-state index in [0.29, 0.717) is 12.6 Å². The Balaban J connectivity index is 1.78. The highest BCUT2D eigenvalue weighted by Gasteiger charge is 2.24. The molecule has 2 aromatic carbocycles. The van der Waals surface area contributed by atoms with Gasteiger partial charge in [0.05, 0.1) is 0 Å². The van der Waals surface area contributed by atoms with E-state index in [9.17, 15) is 0 Å². The molecule has 1 aliphatic heterocycles. The van der Waals surface area contributed by atoms with E-state index in [1.54, 1.807) is 0 Å². The lowest BCUT2D eigenvalue weighted by molar-refractivity contribution is 0.155. The zero-order chi connectivity index (χ0) is 18.2. The molecule has 1 N–H and O–H groups in total. The smallest absolute Gasteiger partial charge is 0.124 e. The molecule has 3 rings (SSSR count). The van der Waals surface area contributed by atoms with Gasteiger partial charge in [-0.3, -0.25) is 4.90 Å². The van der Waals surface area contributed by atoms with Crippen LogP contribution in [0.2, 0.25) is 0 Å². The van der Waals surface area contributed by atoms with E-state index in [1.807, 2.05) is 6.07 Å². The summed E-state index contributed by atoms with van der Waals surface area (Å²) in [5.41, 5.74) is 2.55. The summed E-state index contributed by atoms with van der Waals surface area (Å²) in [7, 11) is 0. The molecule has 0 aliphatic carbocycles. The Morgan fingerprint density at radius 3 is 2.35 bits per heavy atom. The Morgan fingerprint density at radius 2 is 1.62 bits per heavy atom. The van der Waals surface area contributed by atoms with E-state index in [-0.39, 0.29) is 0 Å². The molecule has 0 radical (unpaired) electrons. The van der Waals surface area contributed by atoms with Crippen LogP contribution in [-0.4, -0.2) is 31.1 Å². The molecule has 2 aromatic rings. The highest BCUT2D eigenvalue weighted by molar-refractivity contribution is 5.36. The predicted octanol–water partition coefficient (Wildman–Crippen LogP) is 4.65. The summed E-state index contributed by atoms with van der Waals surface area (Å²) in [6.07, 6.45) is 2.42. The molecule has 0 amide bonds. The molecular weight excluding hydrogens is 320 g/mol. The van der Waals surface area contributed by atoms with Crippen molar-refractivity contribution in [2.24, 2.45) is 5.92 Å². The van der Waals surface area contributed by atoms with Gasteiger partial charge in [-0.15, -0.1) is 0 Å². The summed E-state index contributed by atoms with van der Waals surface area (Å²) < 4.78 is 6.26. The average molecular weight is 353 g/mol. The van der Waals surface area contributed by atoms with Gasteiger partial charge in [0, 0.05) is 37.8 Å². The summed E-state index contributed by atoms with van der Waals surface area (Å²) in [5, 5.41) is 3.47. The van der Waals surface area contributed by atoms with Gasteiger partial charge in [-0.2, -0.15) is 0 Å². The van der Waals surface area contributed by atoms with Gasteiger partial charge in [-0.1, -0.05) is 62.4 Å². The Hall–Kier alpha value is -1.84. The monoisotopic (exact) mass is 352 g/mol. The Bertz CT molecular complexity index is 650. The van der Waals surface area contributed by atoms with E-state index in [0.717, 1.165) is 37.8 Å². The molecule has 0 bridgehead atoms. The molecule has 140 valence electrons. The number of piperazine rings is 1. The van der Waals surface area contributed by atoms with E-state index >= 15 is 0 Å². The van der Waals surface area contributed by atoms with Gasteiger partial charge in [0.25, 0.3) is 0 Å². The molecule has 1 atom stereocenters. The maximum absolute atomic E-state index is 6.26. The predicted molar refractivity (Wildman–Crippen MR) is 108 cm³/mol. The van der Waals surface area contributed by atoms with E-state index in [4.69, 9.17) is 4.74 Å². The second-order valence-corrected chi connectivity index (χ2v) is 7.59. The molecule has 1 aliphatic rings. The quantitative estimate of drug-likeness (QED) is 0.748.